The number of carbonyl (C=O) groups is 1. The highest BCUT2D eigenvalue weighted by atomic mass is 16.5. The normalized spacial score (nSPS) is 22.1. The van der Waals surface area contributed by atoms with Gasteiger partial charge < -0.3 is 19.6 Å². The second-order valence-electron chi connectivity index (χ2n) is 8.97. The van der Waals surface area contributed by atoms with Crippen LogP contribution in [0.5, 0.6) is 0 Å². The number of likely N-dealkylation sites (tertiary alicyclic amines) is 1. The zero-order chi connectivity index (χ0) is 20.0. The molecule has 2 aliphatic rings. The molecule has 5 nitrogen and oxygen atoms in total. The molecule has 1 amide bonds. The van der Waals surface area contributed by atoms with E-state index in [9.17, 15) is 9.90 Å². The van der Waals surface area contributed by atoms with Gasteiger partial charge >= 0.3 is 0 Å². The fourth-order valence-electron chi connectivity index (χ4n) is 4.07. The molecule has 28 heavy (non-hydrogen) atoms. The molecule has 1 N–H and O–H groups in total. The number of aryl methyl sites for hydroxylation is 1. The maximum absolute atomic E-state index is 13.0. The molecule has 2 fully saturated rings. The second kappa shape index (κ2) is 9.86. The molecule has 0 aromatic heterocycles. The largest absolute Gasteiger partial charge is 0.390 e. The number of aliphatic hydroxyl groups is 1. The van der Waals surface area contributed by atoms with E-state index in [1.807, 2.05) is 43.0 Å². The highest BCUT2D eigenvalue weighted by molar-refractivity contribution is 5.94. The van der Waals surface area contributed by atoms with Crippen molar-refractivity contribution < 1.29 is 14.6 Å². The minimum absolute atomic E-state index is 0.100. The van der Waals surface area contributed by atoms with Crippen molar-refractivity contribution in [2.24, 2.45) is 0 Å². The van der Waals surface area contributed by atoms with Crippen molar-refractivity contribution in [2.45, 2.75) is 64.1 Å². The summed E-state index contributed by atoms with van der Waals surface area (Å²) in [6, 6.07) is 7.87. The number of carbonyl (C=O) groups excluding carboxylic acids is 1. The molecule has 2 saturated heterocycles. The number of hydrogen-bond acceptors (Lipinski definition) is 4. The zero-order valence-electron chi connectivity index (χ0n) is 17.5. The summed E-state index contributed by atoms with van der Waals surface area (Å²) in [5, 5.41) is 9.88. The van der Waals surface area contributed by atoms with Crippen LogP contribution in [0.15, 0.2) is 24.3 Å². The molecule has 0 radical (unpaired) electrons. The minimum Gasteiger partial charge on any atom is -0.390 e. The third-order valence-corrected chi connectivity index (χ3v) is 5.77. The van der Waals surface area contributed by atoms with Gasteiger partial charge in [0.25, 0.3) is 5.91 Å². The van der Waals surface area contributed by atoms with Crippen molar-refractivity contribution in [3.05, 3.63) is 35.4 Å². The van der Waals surface area contributed by atoms with Gasteiger partial charge in [-0.2, -0.15) is 0 Å². The highest BCUT2D eigenvalue weighted by Crippen LogP contribution is 2.17. The lowest BCUT2D eigenvalue weighted by molar-refractivity contribution is 0.0216. The molecular weight excluding hydrogens is 352 g/mol. The lowest BCUT2D eigenvalue weighted by Crippen LogP contribution is -2.43. The molecule has 156 valence electrons. The number of benzene rings is 1. The molecule has 1 aromatic carbocycles. The maximum atomic E-state index is 13.0. The van der Waals surface area contributed by atoms with Crippen molar-refractivity contribution in [3.8, 4) is 0 Å². The van der Waals surface area contributed by atoms with Crippen molar-refractivity contribution in [2.75, 3.05) is 39.3 Å². The van der Waals surface area contributed by atoms with E-state index >= 15 is 0 Å². The number of rotatable bonds is 6. The topological polar surface area (TPSA) is 53.0 Å². The minimum atomic E-state index is -0.663. The van der Waals surface area contributed by atoms with Gasteiger partial charge in [0, 0.05) is 31.8 Å². The fraction of sp³-hybridized carbons (Fsp3) is 0.696. The van der Waals surface area contributed by atoms with E-state index in [1.165, 1.54) is 19.3 Å². The van der Waals surface area contributed by atoms with Gasteiger partial charge in [-0.3, -0.25) is 4.79 Å². The van der Waals surface area contributed by atoms with Gasteiger partial charge in [0.15, 0.2) is 0 Å². The van der Waals surface area contributed by atoms with Gasteiger partial charge in [0.1, 0.15) is 0 Å². The van der Waals surface area contributed by atoms with Crippen LogP contribution in [0, 0.1) is 0 Å². The standard InChI is InChI=1S/C23H36N2O3/c1-23(2,27)12-11-19-7-9-20(10-8-19)22(26)25-15-6-16-28-21(18-25)17-24-13-4-3-5-14-24/h7-10,21,27H,3-6,11-18H2,1-2H3/t21-/m0/s1. The first-order valence-corrected chi connectivity index (χ1v) is 10.9. The molecular formula is C23H36N2O3. The van der Waals surface area contributed by atoms with Crippen LogP contribution in [0.1, 0.15) is 61.9 Å². The molecule has 2 heterocycles. The number of piperidine rings is 1. The van der Waals surface area contributed by atoms with E-state index in [0.717, 1.165) is 56.8 Å². The summed E-state index contributed by atoms with van der Waals surface area (Å²) in [5.41, 5.74) is 1.23. The number of nitrogens with zero attached hydrogens (tertiary/aromatic N) is 2. The van der Waals surface area contributed by atoms with Gasteiger partial charge in [0.05, 0.1) is 11.7 Å². The Morgan fingerprint density at radius 1 is 1.11 bits per heavy atom. The van der Waals surface area contributed by atoms with E-state index in [2.05, 4.69) is 4.90 Å². The monoisotopic (exact) mass is 388 g/mol. The van der Waals surface area contributed by atoms with Crippen LogP contribution >= 0.6 is 0 Å². The lowest BCUT2D eigenvalue weighted by atomic mass is 9.98. The van der Waals surface area contributed by atoms with E-state index in [-0.39, 0.29) is 12.0 Å². The molecule has 5 heteroatoms. The van der Waals surface area contributed by atoms with Crippen LogP contribution in [0.4, 0.5) is 0 Å². The Morgan fingerprint density at radius 3 is 2.50 bits per heavy atom. The maximum Gasteiger partial charge on any atom is 0.253 e. The Bertz CT molecular complexity index is 618. The third-order valence-electron chi connectivity index (χ3n) is 5.77. The smallest absolute Gasteiger partial charge is 0.253 e. The quantitative estimate of drug-likeness (QED) is 0.814. The van der Waals surface area contributed by atoms with Gasteiger partial charge in [-0.1, -0.05) is 18.6 Å². The van der Waals surface area contributed by atoms with E-state index in [4.69, 9.17) is 4.74 Å². The number of amides is 1. The first-order chi connectivity index (χ1) is 13.4. The molecule has 3 rings (SSSR count). The molecule has 0 saturated carbocycles. The first kappa shape index (κ1) is 21.3. The van der Waals surface area contributed by atoms with Crippen molar-refractivity contribution in [1.29, 1.82) is 0 Å². The molecule has 0 spiro atoms. The predicted molar refractivity (Wildman–Crippen MR) is 112 cm³/mol. The average molecular weight is 389 g/mol. The van der Waals surface area contributed by atoms with Gasteiger partial charge in [-0.05, 0) is 76.7 Å². The van der Waals surface area contributed by atoms with Gasteiger partial charge in [-0.15, -0.1) is 0 Å². The van der Waals surface area contributed by atoms with Crippen LogP contribution in [0.3, 0.4) is 0 Å². The van der Waals surface area contributed by atoms with E-state index in [0.29, 0.717) is 13.0 Å². The summed E-state index contributed by atoms with van der Waals surface area (Å²) in [4.78, 5) is 17.5. The highest BCUT2D eigenvalue weighted by Gasteiger charge is 2.25. The van der Waals surface area contributed by atoms with Gasteiger partial charge in [0.2, 0.25) is 0 Å². The fourth-order valence-corrected chi connectivity index (χ4v) is 4.07. The van der Waals surface area contributed by atoms with Crippen LogP contribution < -0.4 is 0 Å². The summed E-state index contributed by atoms with van der Waals surface area (Å²) in [6.45, 7) is 9.06. The van der Waals surface area contributed by atoms with E-state index in [1.54, 1.807) is 0 Å². The number of ether oxygens (including phenoxy) is 1. The molecule has 0 aliphatic carbocycles. The first-order valence-electron chi connectivity index (χ1n) is 10.9. The number of hydrogen-bond donors (Lipinski definition) is 1. The van der Waals surface area contributed by atoms with Crippen molar-refractivity contribution >= 4 is 5.91 Å². The Kier molecular flexibility index (Phi) is 7.49. The lowest BCUT2D eigenvalue weighted by Gasteiger charge is -2.31. The SMILES string of the molecule is CC(C)(O)CCc1ccc(C(=O)N2CCCO[C@@H](CN3CCCCC3)C2)cc1. The predicted octanol–water partition coefficient (Wildman–Crippen LogP) is 3.11. The summed E-state index contributed by atoms with van der Waals surface area (Å²) in [6.07, 6.45) is 6.40. The van der Waals surface area contributed by atoms with Crippen LogP contribution in [-0.4, -0.2) is 71.8 Å². The van der Waals surface area contributed by atoms with Crippen LogP contribution in [0.25, 0.3) is 0 Å². The van der Waals surface area contributed by atoms with E-state index < -0.39 is 5.60 Å². The molecule has 1 aromatic rings. The second-order valence-corrected chi connectivity index (χ2v) is 8.97. The molecule has 0 bridgehead atoms. The van der Waals surface area contributed by atoms with Gasteiger partial charge in [-0.25, -0.2) is 0 Å². The Balaban J connectivity index is 1.57. The van der Waals surface area contributed by atoms with Crippen LogP contribution in [0.2, 0.25) is 0 Å². The Morgan fingerprint density at radius 2 is 1.82 bits per heavy atom. The van der Waals surface area contributed by atoms with Crippen molar-refractivity contribution in [1.82, 2.24) is 9.80 Å². The molecule has 0 unspecified atom stereocenters. The average Bonchev–Trinajstić information content (AvgIpc) is 2.92. The molecule has 2 aliphatic heterocycles. The summed E-state index contributed by atoms with van der Waals surface area (Å²) >= 11 is 0. The molecule has 1 atom stereocenters. The third kappa shape index (κ3) is 6.57. The zero-order valence-corrected chi connectivity index (χ0v) is 17.5. The summed E-state index contributed by atoms with van der Waals surface area (Å²) in [7, 11) is 0. The Labute approximate surface area is 169 Å². The Hall–Kier alpha value is -1.43. The summed E-state index contributed by atoms with van der Waals surface area (Å²) < 4.78 is 6.05. The van der Waals surface area contributed by atoms with Crippen LogP contribution in [-0.2, 0) is 11.2 Å². The summed E-state index contributed by atoms with van der Waals surface area (Å²) in [5.74, 6) is 0.100. The van der Waals surface area contributed by atoms with Crippen molar-refractivity contribution in [3.63, 3.8) is 0 Å².